The van der Waals surface area contributed by atoms with Gasteiger partial charge in [-0.15, -0.1) is 0 Å². The van der Waals surface area contributed by atoms with Crippen molar-refractivity contribution >= 4 is 29.1 Å². The summed E-state index contributed by atoms with van der Waals surface area (Å²) in [5, 5.41) is 11.3. The first-order valence-corrected chi connectivity index (χ1v) is 9.11. The van der Waals surface area contributed by atoms with Crippen molar-refractivity contribution in [1.29, 1.82) is 0 Å². The number of carbonyl (C=O) groups is 2. The minimum Gasteiger partial charge on any atom is -0.507 e. The van der Waals surface area contributed by atoms with Gasteiger partial charge in [-0.1, -0.05) is 37.1 Å². The third-order valence-electron chi connectivity index (χ3n) is 4.60. The molecule has 27 heavy (non-hydrogen) atoms. The fraction of sp³-hybridized carbons (Fsp3) is 0.238. The zero-order chi connectivity index (χ0) is 19.6. The number of nitrogens with zero attached hydrogens (tertiary/aromatic N) is 1. The van der Waals surface area contributed by atoms with Gasteiger partial charge in [0, 0.05) is 17.1 Å². The van der Waals surface area contributed by atoms with Crippen LogP contribution in [0.3, 0.4) is 0 Å². The molecule has 1 aliphatic heterocycles. The third kappa shape index (κ3) is 3.74. The molecule has 1 aliphatic rings. The molecule has 140 valence electrons. The maximum Gasteiger partial charge on any atom is 0.295 e. The van der Waals surface area contributed by atoms with Gasteiger partial charge >= 0.3 is 0 Å². The summed E-state index contributed by atoms with van der Waals surface area (Å²) >= 11 is 5.89. The van der Waals surface area contributed by atoms with Gasteiger partial charge in [0.25, 0.3) is 11.7 Å². The number of unbranched alkanes of at least 4 members (excludes halogenated alkanes) is 1. The topological polar surface area (TPSA) is 57.6 Å². The highest BCUT2D eigenvalue weighted by atomic mass is 35.5. The van der Waals surface area contributed by atoms with Crippen LogP contribution in [0.5, 0.6) is 0 Å². The highest BCUT2D eigenvalue weighted by molar-refractivity contribution is 6.46. The standard InChI is InChI=1S/C21H19ClFNO3/c1-2-3-12-24-18(13-6-10-16(23)11-7-13)17(20(26)21(24)27)19(25)14-4-8-15(22)9-5-14/h4-11,18,25H,2-3,12H2,1H3. The van der Waals surface area contributed by atoms with Crippen molar-refractivity contribution in [3.63, 3.8) is 0 Å². The average Bonchev–Trinajstić information content (AvgIpc) is 2.91. The Morgan fingerprint density at radius 2 is 1.74 bits per heavy atom. The Morgan fingerprint density at radius 1 is 1.11 bits per heavy atom. The molecule has 4 nitrogen and oxygen atoms in total. The molecule has 1 unspecified atom stereocenters. The van der Waals surface area contributed by atoms with Gasteiger partial charge in [0.15, 0.2) is 0 Å². The van der Waals surface area contributed by atoms with Gasteiger partial charge in [-0.2, -0.15) is 0 Å². The first-order valence-electron chi connectivity index (χ1n) is 8.74. The average molecular weight is 388 g/mol. The molecule has 1 heterocycles. The largest absolute Gasteiger partial charge is 0.507 e. The van der Waals surface area contributed by atoms with E-state index < -0.39 is 23.5 Å². The van der Waals surface area contributed by atoms with Crippen molar-refractivity contribution in [2.75, 3.05) is 6.54 Å². The van der Waals surface area contributed by atoms with Crippen LogP contribution in [0, 0.1) is 5.82 Å². The zero-order valence-corrected chi connectivity index (χ0v) is 15.5. The molecular formula is C21H19ClFNO3. The fourth-order valence-corrected chi connectivity index (χ4v) is 3.32. The number of likely N-dealkylation sites (tertiary alicyclic amines) is 1. The van der Waals surface area contributed by atoms with Crippen molar-refractivity contribution in [1.82, 2.24) is 4.90 Å². The van der Waals surface area contributed by atoms with Crippen molar-refractivity contribution < 1.29 is 19.1 Å². The number of aliphatic hydroxyl groups is 1. The van der Waals surface area contributed by atoms with Crippen LogP contribution in [0.15, 0.2) is 54.1 Å². The lowest BCUT2D eigenvalue weighted by molar-refractivity contribution is -0.139. The highest BCUT2D eigenvalue weighted by Crippen LogP contribution is 2.39. The summed E-state index contributed by atoms with van der Waals surface area (Å²) in [4.78, 5) is 26.7. The van der Waals surface area contributed by atoms with E-state index in [0.717, 1.165) is 6.42 Å². The summed E-state index contributed by atoms with van der Waals surface area (Å²) in [7, 11) is 0. The molecule has 3 rings (SSSR count). The first kappa shape index (κ1) is 19.1. The molecule has 0 saturated carbocycles. The molecule has 0 bridgehead atoms. The molecule has 2 aromatic rings. The molecular weight excluding hydrogens is 369 g/mol. The Labute approximate surface area is 161 Å². The second-order valence-corrected chi connectivity index (χ2v) is 6.84. The lowest BCUT2D eigenvalue weighted by atomic mass is 9.95. The van der Waals surface area contributed by atoms with E-state index in [4.69, 9.17) is 11.6 Å². The van der Waals surface area contributed by atoms with Crippen molar-refractivity contribution in [3.05, 3.63) is 76.1 Å². The smallest absolute Gasteiger partial charge is 0.295 e. The maximum atomic E-state index is 13.4. The Balaban J connectivity index is 2.14. The van der Waals surface area contributed by atoms with Crippen LogP contribution < -0.4 is 0 Å². The molecule has 0 spiro atoms. The first-order chi connectivity index (χ1) is 12.9. The number of halogens is 2. The molecule has 0 radical (unpaired) electrons. The van der Waals surface area contributed by atoms with Gasteiger partial charge in [-0.3, -0.25) is 9.59 Å². The van der Waals surface area contributed by atoms with Gasteiger partial charge < -0.3 is 10.0 Å². The van der Waals surface area contributed by atoms with Crippen LogP contribution in [0.4, 0.5) is 4.39 Å². The summed E-state index contributed by atoms with van der Waals surface area (Å²) in [5.74, 6) is -2.08. The van der Waals surface area contributed by atoms with E-state index in [0.29, 0.717) is 29.1 Å². The van der Waals surface area contributed by atoms with Crippen LogP contribution in [-0.2, 0) is 9.59 Å². The van der Waals surface area contributed by atoms with Gasteiger partial charge in [0.05, 0.1) is 11.6 Å². The monoisotopic (exact) mass is 387 g/mol. The predicted molar refractivity (Wildman–Crippen MR) is 102 cm³/mol. The van der Waals surface area contributed by atoms with E-state index >= 15 is 0 Å². The number of carbonyl (C=O) groups excluding carboxylic acids is 2. The predicted octanol–water partition coefficient (Wildman–Crippen LogP) is 4.70. The Morgan fingerprint density at radius 3 is 2.33 bits per heavy atom. The number of hydrogen-bond donors (Lipinski definition) is 1. The van der Waals surface area contributed by atoms with Crippen LogP contribution in [0.2, 0.25) is 5.02 Å². The van der Waals surface area contributed by atoms with E-state index in [1.165, 1.54) is 29.2 Å². The summed E-state index contributed by atoms with van der Waals surface area (Å²) in [6.45, 7) is 2.36. The number of aliphatic hydroxyl groups excluding tert-OH is 1. The number of ketones is 1. The Hall–Kier alpha value is -2.66. The second-order valence-electron chi connectivity index (χ2n) is 6.40. The molecule has 1 amide bonds. The van der Waals surface area contributed by atoms with Gasteiger partial charge in [0.2, 0.25) is 0 Å². The SMILES string of the molecule is CCCCN1C(=O)C(=O)C(=C(O)c2ccc(Cl)cc2)C1c1ccc(F)cc1. The quantitative estimate of drug-likeness (QED) is 0.459. The molecule has 1 N–H and O–H groups in total. The van der Waals surface area contributed by atoms with Crippen LogP contribution >= 0.6 is 11.6 Å². The number of hydrogen-bond acceptors (Lipinski definition) is 3. The Kier molecular flexibility index (Phi) is 5.61. The van der Waals surface area contributed by atoms with Crippen LogP contribution in [0.25, 0.3) is 5.76 Å². The summed E-state index contributed by atoms with van der Waals surface area (Å²) in [5.41, 5.74) is 0.965. The highest BCUT2D eigenvalue weighted by Gasteiger charge is 2.45. The zero-order valence-electron chi connectivity index (χ0n) is 14.8. The van der Waals surface area contributed by atoms with Crippen LogP contribution in [-0.4, -0.2) is 28.2 Å². The summed E-state index contributed by atoms with van der Waals surface area (Å²) in [6.07, 6.45) is 1.56. The van der Waals surface area contributed by atoms with E-state index in [-0.39, 0.29) is 11.3 Å². The van der Waals surface area contributed by atoms with E-state index in [9.17, 15) is 19.1 Å². The van der Waals surface area contributed by atoms with Crippen molar-refractivity contribution in [2.45, 2.75) is 25.8 Å². The van der Waals surface area contributed by atoms with E-state index in [1.807, 2.05) is 6.92 Å². The number of rotatable bonds is 5. The lowest BCUT2D eigenvalue weighted by Gasteiger charge is -2.25. The molecule has 1 saturated heterocycles. The minimum atomic E-state index is -0.757. The fourth-order valence-electron chi connectivity index (χ4n) is 3.19. The molecule has 1 fully saturated rings. The van der Waals surface area contributed by atoms with Crippen molar-refractivity contribution in [2.24, 2.45) is 0 Å². The number of Topliss-reactive ketones (excluding diaryl/α,β-unsaturated/α-hetero) is 1. The van der Waals surface area contributed by atoms with Gasteiger partial charge in [0.1, 0.15) is 11.6 Å². The van der Waals surface area contributed by atoms with E-state index in [1.54, 1.807) is 24.3 Å². The second kappa shape index (κ2) is 7.92. The molecule has 6 heteroatoms. The van der Waals surface area contributed by atoms with Gasteiger partial charge in [-0.25, -0.2) is 4.39 Å². The minimum absolute atomic E-state index is 0.00466. The number of amides is 1. The van der Waals surface area contributed by atoms with E-state index in [2.05, 4.69) is 0 Å². The molecule has 0 aliphatic carbocycles. The molecule has 1 atom stereocenters. The molecule has 0 aromatic heterocycles. The third-order valence-corrected chi connectivity index (χ3v) is 4.85. The summed E-state index contributed by atoms with van der Waals surface area (Å²) in [6, 6.07) is 11.2. The Bertz CT molecular complexity index is 891. The summed E-state index contributed by atoms with van der Waals surface area (Å²) < 4.78 is 13.4. The molecule has 2 aromatic carbocycles. The lowest BCUT2D eigenvalue weighted by Crippen LogP contribution is -2.30. The number of benzene rings is 2. The van der Waals surface area contributed by atoms with Gasteiger partial charge in [-0.05, 0) is 48.4 Å². The maximum absolute atomic E-state index is 13.4. The normalized spacial score (nSPS) is 18.9. The van der Waals surface area contributed by atoms with Crippen molar-refractivity contribution in [3.8, 4) is 0 Å². The van der Waals surface area contributed by atoms with Crippen LogP contribution in [0.1, 0.15) is 36.9 Å².